The SMILES string of the molecule is [N-]=[N+]=N[P-]1(Cl)(Cl)(Cl)Oc2ccccc2O1. The Labute approximate surface area is 98.6 Å². The summed E-state index contributed by atoms with van der Waals surface area (Å²) in [5.41, 5.74) is 8.38. The van der Waals surface area contributed by atoms with Gasteiger partial charge in [-0.25, -0.2) is 0 Å². The molecule has 1 aromatic rings. The van der Waals surface area contributed by atoms with Crippen molar-refractivity contribution >= 4 is 38.3 Å². The van der Waals surface area contributed by atoms with Gasteiger partial charge in [0.25, 0.3) is 0 Å². The molecule has 0 aliphatic carbocycles. The van der Waals surface area contributed by atoms with Crippen LogP contribution in [-0.2, 0) is 0 Å². The number of hydrogen-bond donors (Lipinski definition) is 0. The Bertz CT molecular complexity index is 474. The first-order valence-electron chi connectivity index (χ1n) is 3.71. The first-order valence-corrected chi connectivity index (χ1v) is 8.89. The molecule has 5 nitrogen and oxygen atoms in total. The van der Waals surface area contributed by atoms with Gasteiger partial charge >= 0.3 is 98.5 Å². The maximum atomic E-state index is 8.38. The van der Waals surface area contributed by atoms with Crippen molar-refractivity contribution in [3.63, 3.8) is 0 Å². The molecule has 1 aromatic carbocycles. The van der Waals surface area contributed by atoms with Gasteiger partial charge in [0.05, 0.1) is 0 Å². The average Bonchev–Trinajstić information content (AvgIpc) is 2.31. The van der Waals surface area contributed by atoms with E-state index in [0.29, 0.717) is 0 Å². The van der Waals surface area contributed by atoms with Crippen LogP contribution in [0.2, 0.25) is 0 Å². The molecule has 0 atom stereocenters. The van der Waals surface area contributed by atoms with E-state index in [0.717, 1.165) is 0 Å². The zero-order valence-electron chi connectivity index (χ0n) is 7.05. The van der Waals surface area contributed by atoms with Crippen LogP contribution < -0.4 is 9.05 Å². The molecule has 0 unspecified atom stereocenters. The molecule has 0 spiro atoms. The molecule has 15 heavy (non-hydrogen) atoms. The Morgan fingerprint density at radius 1 is 1.13 bits per heavy atom. The summed E-state index contributed by atoms with van der Waals surface area (Å²) in [6.45, 7) is 0. The first kappa shape index (κ1) is 10.9. The molecule has 9 heteroatoms. The Morgan fingerprint density at radius 3 is 2.00 bits per heavy atom. The Hall–Kier alpha value is -0.570. The number of rotatable bonds is 1. The van der Waals surface area contributed by atoms with Crippen LogP contribution in [0.25, 0.3) is 10.4 Å². The number of nitrogens with zero attached hydrogens (tertiary/aromatic N) is 3. The summed E-state index contributed by atoms with van der Waals surface area (Å²) in [5.74, 6) is 0.473. The first-order chi connectivity index (χ1) is 6.76. The zero-order chi connectivity index (χ0) is 11.2. The van der Waals surface area contributed by atoms with E-state index in [1.54, 1.807) is 24.3 Å². The topological polar surface area (TPSA) is 67.2 Å². The number of halogens is 3. The quantitative estimate of drug-likeness (QED) is 0.313. The van der Waals surface area contributed by atoms with Gasteiger partial charge in [-0.05, 0) is 0 Å². The van der Waals surface area contributed by atoms with Gasteiger partial charge < -0.3 is 0 Å². The molecule has 0 fully saturated rings. The number of para-hydroxylation sites is 2. The summed E-state index contributed by atoms with van der Waals surface area (Å²) in [4.78, 5) is 5.56. The van der Waals surface area contributed by atoms with Crippen molar-refractivity contribution in [2.24, 2.45) is 4.88 Å². The Balaban J connectivity index is 2.62. The Morgan fingerprint density at radius 2 is 1.60 bits per heavy atom. The summed E-state index contributed by atoms with van der Waals surface area (Å²) in [7, 11) is 0. The molecule has 0 radical (unpaired) electrons. The maximum absolute atomic E-state index is 8.38. The van der Waals surface area contributed by atoms with E-state index in [9.17, 15) is 0 Å². The summed E-state index contributed by atoms with van der Waals surface area (Å²) in [5, 5.41) is 0. The van der Waals surface area contributed by atoms with E-state index >= 15 is 0 Å². The van der Waals surface area contributed by atoms with Crippen molar-refractivity contribution in [2.45, 2.75) is 0 Å². The second kappa shape index (κ2) is 2.57. The molecule has 2 rings (SSSR count). The zero-order valence-corrected chi connectivity index (χ0v) is 10.2. The predicted octanol–water partition coefficient (Wildman–Crippen LogP) is 5.06. The van der Waals surface area contributed by atoms with E-state index in [-0.39, 0.29) is 11.5 Å². The molecule has 1 aliphatic rings. The molecule has 1 aliphatic heterocycles. The van der Waals surface area contributed by atoms with Crippen molar-refractivity contribution in [3.05, 3.63) is 34.7 Å². The van der Waals surface area contributed by atoms with Gasteiger partial charge in [0.15, 0.2) is 0 Å². The summed E-state index contributed by atoms with van der Waals surface area (Å²) in [6, 6.07) is 6.45. The van der Waals surface area contributed by atoms with Gasteiger partial charge in [-0.15, -0.1) is 0 Å². The number of fused-ring (bicyclic) bond motifs is 1. The van der Waals surface area contributed by atoms with E-state index < -0.39 is 4.61 Å². The van der Waals surface area contributed by atoms with Crippen LogP contribution in [0.3, 0.4) is 0 Å². The fourth-order valence-electron chi connectivity index (χ4n) is 1.13. The van der Waals surface area contributed by atoms with Crippen LogP contribution in [-0.4, -0.2) is 0 Å². The molecule has 0 saturated carbocycles. The van der Waals surface area contributed by atoms with Crippen molar-refractivity contribution < 1.29 is 9.05 Å². The fraction of sp³-hybridized carbons (Fsp3) is 0. The monoisotopic (exact) mass is 286 g/mol. The van der Waals surface area contributed by atoms with Gasteiger partial charge in [0, 0.05) is 0 Å². The molecule has 0 saturated heterocycles. The number of azide groups is 1. The molecule has 82 valence electrons. The predicted molar refractivity (Wildman–Crippen MR) is 61.3 cm³/mol. The number of hydrogen-bond acceptors (Lipinski definition) is 3. The standard InChI is InChI=1S/C6H4Cl3N3O2P/c7-15(8,9,12-11-10)13-5-3-1-2-4-6(5)14-15/h1-4H/q-1. The van der Waals surface area contributed by atoms with Gasteiger partial charge in [-0.2, -0.15) is 0 Å². The van der Waals surface area contributed by atoms with Crippen molar-refractivity contribution in [3.8, 4) is 11.5 Å². The van der Waals surface area contributed by atoms with Crippen LogP contribution in [0.15, 0.2) is 29.2 Å². The molecule has 0 amide bonds. The van der Waals surface area contributed by atoms with Crippen LogP contribution in [0.5, 0.6) is 11.5 Å². The van der Waals surface area contributed by atoms with Crippen LogP contribution >= 0.6 is 38.3 Å². The molecular weight excluding hydrogens is 283 g/mol. The van der Waals surface area contributed by atoms with Crippen molar-refractivity contribution in [1.82, 2.24) is 0 Å². The average molecular weight is 287 g/mol. The normalized spacial score (nSPS) is 27.4. The fourth-order valence-corrected chi connectivity index (χ4v) is 4.09. The minimum absolute atomic E-state index is 0.237. The second-order valence-electron chi connectivity index (χ2n) is 2.88. The van der Waals surface area contributed by atoms with E-state index in [2.05, 4.69) is 9.80 Å². The van der Waals surface area contributed by atoms with Crippen molar-refractivity contribution in [1.29, 1.82) is 0 Å². The second-order valence-corrected chi connectivity index (χ2v) is 14.0. The van der Waals surface area contributed by atoms with E-state index in [1.807, 2.05) is 0 Å². The van der Waals surface area contributed by atoms with Gasteiger partial charge in [0.2, 0.25) is 0 Å². The third-order valence-corrected chi connectivity index (χ3v) is 5.02. The molecule has 0 N–H and O–H groups in total. The van der Waals surface area contributed by atoms with Crippen LogP contribution in [0.1, 0.15) is 0 Å². The van der Waals surface area contributed by atoms with E-state index in [4.69, 9.17) is 48.3 Å². The third-order valence-electron chi connectivity index (χ3n) is 1.62. The molecule has 0 aromatic heterocycles. The summed E-state index contributed by atoms with van der Waals surface area (Å²) < 4.78 is 4.79. The molecular formula is C6H4Cl3N3O2P-. The molecule has 0 bridgehead atoms. The van der Waals surface area contributed by atoms with Gasteiger partial charge in [-0.3, -0.25) is 0 Å². The Kier molecular flexibility index (Phi) is 1.87. The third kappa shape index (κ3) is 1.89. The van der Waals surface area contributed by atoms with Gasteiger partial charge in [0.1, 0.15) is 0 Å². The van der Waals surface area contributed by atoms with Crippen LogP contribution in [0.4, 0.5) is 0 Å². The van der Waals surface area contributed by atoms with Gasteiger partial charge in [-0.1, -0.05) is 0 Å². The van der Waals surface area contributed by atoms with E-state index in [1.165, 1.54) is 0 Å². The summed E-state index contributed by atoms with van der Waals surface area (Å²) >= 11 is 17.5. The number of benzene rings is 1. The van der Waals surface area contributed by atoms with Crippen molar-refractivity contribution in [2.75, 3.05) is 0 Å². The van der Waals surface area contributed by atoms with Crippen LogP contribution in [0, 0.1) is 0 Å². The molecule has 1 heterocycles. The minimum atomic E-state index is -5.41. The summed E-state index contributed by atoms with van der Waals surface area (Å²) in [6.07, 6.45) is 0.